The molecular formula is C14H18N2O. The lowest BCUT2D eigenvalue weighted by Crippen LogP contribution is -2.21. The van der Waals surface area contributed by atoms with E-state index in [1.54, 1.807) is 0 Å². The minimum absolute atomic E-state index is 0.782. The molecule has 0 bridgehead atoms. The maximum atomic E-state index is 5.47. The van der Waals surface area contributed by atoms with Gasteiger partial charge in [-0.2, -0.15) is 0 Å². The van der Waals surface area contributed by atoms with E-state index in [0.29, 0.717) is 0 Å². The van der Waals surface area contributed by atoms with Crippen LogP contribution in [0.25, 0.3) is 0 Å². The molecule has 1 aromatic heterocycles. The molecule has 2 rings (SSSR count). The van der Waals surface area contributed by atoms with E-state index < -0.39 is 0 Å². The van der Waals surface area contributed by atoms with Crippen LogP contribution >= 0.6 is 0 Å². The largest absolute Gasteiger partial charge is 0.465 e. The fourth-order valence-corrected chi connectivity index (χ4v) is 1.64. The maximum Gasteiger partial charge on any atom is 0.117 e. The average molecular weight is 230 g/mol. The number of hydrogen-bond acceptors (Lipinski definition) is 3. The SMILES string of the molecule is Cc1ccc(CNCCNc2ccccc2)o1. The zero-order chi connectivity index (χ0) is 11.9. The van der Waals surface area contributed by atoms with Gasteiger partial charge in [0, 0.05) is 18.8 Å². The van der Waals surface area contributed by atoms with Crippen molar-refractivity contribution < 1.29 is 4.42 Å². The molecule has 17 heavy (non-hydrogen) atoms. The Morgan fingerprint density at radius 2 is 1.82 bits per heavy atom. The number of nitrogens with one attached hydrogen (secondary N) is 2. The van der Waals surface area contributed by atoms with Gasteiger partial charge in [0.1, 0.15) is 11.5 Å². The van der Waals surface area contributed by atoms with E-state index in [-0.39, 0.29) is 0 Å². The average Bonchev–Trinajstić information content (AvgIpc) is 2.76. The summed E-state index contributed by atoms with van der Waals surface area (Å²) in [5, 5.41) is 6.67. The standard InChI is InChI=1S/C14H18N2O/c1-12-7-8-14(17-12)11-15-9-10-16-13-5-3-2-4-6-13/h2-8,15-16H,9-11H2,1H3. The maximum absolute atomic E-state index is 5.47. The Hall–Kier alpha value is -1.74. The van der Waals surface area contributed by atoms with Crippen molar-refractivity contribution in [2.75, 3.05) is 18.4 Å². The van der Waals surface area contributed by atoms with E-state index >= 15 is 0 Å². The lowest BCUT2D eigenvalue weighted by atomic mass is 10.3. The molecule has 90 valence electrons. The van der Waals surface area contributed by atoms with Crippen LogP contribution < -0.4 is 10.6 Å². The highest BCUT2D eigenvalue weighted by atomic mass is 16.3. The molecule has 1 heterocycles. The van der Waals surface area contributed by atoms with Gasteiger partial charge in [0.25, 0.3) is 0 Å². The van der Waals surface area contributed by atoms with Crippen molar-refractivity contribution in [2.24, 2.45) is 0 Å². The molecule has 0 spiro atoms. The summed E-state index contributed by atoms with van der Waals surface area (Å²) in [6.07, 6.45) is 0. The molecule has 0 amide bonds. The predicted molar refractivity (Wildman–Crippen MR) is 70.1 cm³/mol. The Bertz CT molecular complexity index is 436. The van der Waals surface area contributed by atoms with E-state index in [9.17, 15) is 0 Å². The zero-order valence-corrected chi connectivity index (χ0v) is 10.1. The Balaban J connectivity index is 1.61. The second-order valence-corrected chi connectivity index (χ2v) is 3.98. The van der Waals surface area contributed by atoms with Crippen molar-refractivity contribution in [3.8, 4) is 0 Å². The van der Waals surface area contributed by atoms with Gasteiger partial charge in [0.15, 0.2) is 0 Å². The summed E-state index contributed by atoms with van der Waals surface area (Å²) in [6, 6.07) is 14.2. The van der Waals surface area contributed by atoms with Gasteiger partial charge < -0.3 is 15.1 Å². The molecule has 0 saturated carbocycles. The number of anilines is 1. The highest BCUT2D eigenvalue weighted by molar-refractivity contribution is 5.42. The summed E-state index contributed by atoms with van der Waals surface area (Å²) in [6.45, 7) is 4.56. The lowest BCUT2D eigenvalue weighted by molar-refractivity contribution is 0.464. The third kappa shape index (κ3) is 3.96. The van der Waals surface area contributed by atoms with Crippen molar-refractivity contribution in [1.82, 2.24) is 5.32 Å². The van der Waals surface area contributed by atoms with Crippen LogP contribution in [0.3, 0.4) is 0 Å². The first-order chi connectivity index (χ1) is 8.34. The molecule has 0 aliphatic carbocycles. The number of aryl methyl sites for hydroxylation is 1. The Morgan fingerprint density at radius 3 is 2.53 bits per heavy atom. The molecule has 2 N–H and O–H groups in total. The van der Waals surface area contributed by atoms with Crippen molar-refractivity contribution in [2.45, 2.75) is 13.5 Å². The van der Waals surface area contributed by atoms with Crippen LogP contribution in [0.5, 0.6) is 0 Å². The van der Waals surface area contributed by atoms with Gasteiger partial charge in [-0.1, -0.05) is 18.2 Å². The number of furan rings is 1. The minimum Gasteiger partial charge on any atom is -0.465 e. The van der Waals surface area contributed by atoms with Crippen molar-refractivity contribution in [1.29, 1.82) is 0 Å². The molecule has 2 aromatic rings. The Morgan fingerprint density at radius 1 is 1.00 bits per heavy atom. The molecule has 0 saturated heterocycles. The normalized spacial score (nSPS) is 10.4. The van der Waals surface area contributed by atoms with E-state index in [1.165, 1.54) is 0 Å². The molecule has 0 unspecified atom stereocenters. The summed E-state index contributed by atoms with van der Waals surface area (Å²) in [5.74, 6) is 1.95. The molecule has 3 heteroatoms. The second-order valence-electron chi connectivity index (χ2n) is 3.98. The van der Waals surface area contributed by atoms with Gasteiger partial charge >= 0.3 is 0 Å². The van der Waals surface area contributed by atoms with Crippen molar-refractivity contribution >= 4 is 5.69 Å². The third-order valence-electron chi connectivity index (χ3n) is 2.50. The first-order valence-corrected chi connectivity index (χ1v) is 5.89. The van der Waals surface area contributed by atoms with Gasteiger partial charge in [0.2, 0.25) is 0 Å². The van der Waals surface area contributed by atoms with Crippen LogP contribution in [0.4, 0.5) is 5.69 Å². The topological polar surface area (TPSA) is 37.2 Å². The lowest BCUT2D eigenvalue weighted by Gasteiger charge is -2.06. The van der Waals surface area contributed by atoms with Crippen LogP contribution in [0.1, 0.15) is 11.5 Å². The summed E-state index contributed by atoms with van der Waals surface area (Å²) < 4.78 is 5.47. The fraction of sp³-hybridized carbons (Fsp3) is 0.286. The van der Waals surface area contributed by atoms with Gasteiger partial charge in [-0.15, -0.1) is 0 Å². The fourth-order valence-electron chi connectivity index (χ4n) is 1.64. The molecule has 0 aliphatic rings. The molecule has 3 nitrogen and oxygen atoms in total. The zero-order valence-electron chi connectivity index (χ0n) is 10.1. The number of rotatable bonds is 6. The highest BCUT2D eigenvalue weighted by Gasteiger charge is 1.96. The van der Waals surface area contributed by atoms with Gasteiger partial charge in [-0.05, 0) is 31.2 Å². The summed E-state index contributed by atoms with van der Waals surface area (Å²) in [5.41, 5.74) is 1.16. The summed E-state index contributed by atoms with van der Waals surface area (Å²) >= 11 is 0. The van der Waals surface area contributed by atoms with E-state index in [0.717, 1.165) is 36.8 Å². The molecule has 0 radical (unpaired) electrons. The summed E-state index contributed by atoms with van der Waals surface area (Å²) in [7, 11) is 0. The van der Waals surface area contributed by atoms with Crippen molar-refractivity contribution in [3.63, 3.8) is 0 Å². The molecule has 1 aromatic carbocycles. The van der Waals surface area contributed by atoms with Crippen LogP contribution in [-0.2, 0) is 6.54 Å². The van der Waals surface area contributed by atoms with Crippen LogP contribution in [0, 0.1) is 6.92 Å². The Kier molecular flexibility index (Phi) is 4.22. The summed E-state index contributed by atoms with van der Waals surface area (Å²) in [4.78, 5) is 0. The van der Waals surface area contributed by atoms with E-state index in [4.69, 9.17) is 4.42 Å². The van der Waals surface area contributed by atoms with Gasteiger partial charge in [-0.25, -0.2) is 0 Å². The van der Waals surface area contributed by atoms with Crippen LogP contribution in [0.2, 0.25) is 0 Å². The van der Waals surface area contributed by atoms with E-state index in [1.807, 2.05) is 37.3 Å². The minimum atomic E-state index is 0.782. The predicted octanol–water partition coefficient (Wildman–Crippen LogP) is 2.79. The Labute approximate surface area is 102 Å². The first kappa shape index (κ1) is 11.7. The second kappa shape index (κ2) is 6.11. The van der Waals surface area contributed by atoms with Crippen LogP contribution in [0.15, 0.2) is 46.9 Å². The van der Waals surface area contributed by atoms with Crippen molar-refractivity contribution in [3.05, 3.63) is 54.0 Å². The first-order valence-electron chi connectivity index (χ1n) is 5.89. The number of hydrogen-bond donors (Lipinski definition) is 2. The monoisotopic (exact) mass is 230 g/mol. The molecule has 0 fully saturated rings. The van der Waals surface area contributed by atoms with Gasteiger partial charge in [0.05, 0.1) is 6.54 Å². The number of para-hydroxylation sites is 1. The van der Waals surface area contributed by atoms with E-state index in [2.05, 4.69) is 22.8 Å². The third-order valence-corrected chi connectivity index (χ3v) is 2.50. The quantitative estimate of drug-likeness (QED) is 0.749. The van der Waals surface area contributed by atoms with Gasteiger partial charge in [-0.3, -0.25) is 0 Å². The smallest absolute Gasteiger partial charge is 0.117 e. The number of benzene rings is 1. The highest BCUT2D eigenvalue weighted by Crippen LogP contribution is 2.05. The molecular weight excluding hydrogens is 212 g/mol. The molecule has 0 atom stereocenters. The molecule has 0 aliphatic heterocycles. The van der Waals surface area contributed by atoms with Crippen LogP contribution in [-0.4, -0.2) is 13.1 Å².